The molecule has 2 rings (SSSR count). The van der Waals surface area contributed by atoms with E-state index in [1.54, 1.807) is 6.20 Å². The van der Waals surface area contributed by atoms with Crippen molar-refractivity contribution in [2.75, 3.05) is 0 Å². The molecule has 0 atom stereocenters. The summed E-state index contributed by atoms with van der Waals surface area (Å²) >= 11 is 0. The Kier molecular flexibility index (Phi) is 2.90. The van der Waals surface area contributed by atoms with Crippen molar-refractivity contribution in [2.24, 2.45) is 0 Å². The fourth-order valence-electron chi connectivity index (χ4n) is 1.69. The summed E-state index contributed by atoms with van der Waals surface area (Å²) in [6.07, 6.45) is 4.50. The van der Waals surface area contributed by atoms with Crippen LogP contribution in [0.2, 0.25) is 0 Å². The van der Waals surface area contributed by atoms with Gasteiger partial charge in [-0.25, -0.2) is 9.37 Å². The van der Waals surface area contributed by atoms with Gasteiger partial charge in [-0.1, -0.05) is 6.92 Å². The fourth-order valence-corrected chi connectivity index (χ4v) is 1.69. The number of halogens is 1. The van der Waals surface area contributed by atoms with Crippen molar-refractivity contribution in [1.82, 2.24) is 9.55 Å². The highest BCUT2D eigenvalue weighted by atomic mass is 19.1. The van der Waals surface area contributed by atoms with Crippen molar-refractivity contribution in [3.05, 3.63) is 36.4 Å². The SMILES string of the molecule is CCCn1ccnc1-c1cc(O)cc(F)c1. The van der Waals surface area contributed by atoms with Gasteiger partial charge in [0.1, 0.15) is 17.4 Å². The van der Waals surface area contributed by atoms with Crippen molar-refractivity contribution < 1.29 is 9.50 Å². The first-order valence-corrected chi connectivity index (χ1v) is 5.21. The molecule has 1 N–H and O–H groups in total. The van der Waals surface area contributed by atoms with Gasteiger partial charge in [0, 0.05) is 30.6 Å². The molecule has 0 saturated heterocycles. The number of phenolic OH excluding ortho intramolecular Hbond substituents is 1. The lowest BCUT2D eigenvalue weighted by molar-refractivity contribution is 0.469. The van der Waals surface area contributed by atoms with Gasteiger partial charge in [-0.15, -0.1) is 0 Å². The molecule has 0 bridgehead atoms. The average Bonchev–Trinajstić information content (AvgIpc) is 2.65. The predicted octanol–water partition coefficient (Wildman–Crippen LogP) is 2.80. The van der Waals surface area contributed by atoms with Crippen LogP contribution in [0.1, 0.15) is 13.3 Å². The maximum atomic E-state index is 13.1. The fraction of sp³-hybridized carbons (Fsp3) is 0.250. The first-order chi connectivity index (χ1) is 7.70. The second-order valence-corrected chi connectivity index (χ2v) is 3.64. The van der Waals surface area contributed by atoms with E-state index in [9.17, 15) is 9.50 Å². The van der Waals surface area contributed by atoms with Gasteiger partial charge in [0.2, 0.25) is 0 Å². The Morgan fingerprint density at radius 3 is 2.88 bits per heavy atom. The number of benzene rings is 1. The van der Waals surface area contributed by atoms with Gasteiger partial charge in [-0.2, -0.15) is 0 Å². The highest BCUT2D eigenvalue weighted by molar-refractivity contribution is 5.58. The number of nitrogens with zero attached hydrogens (tertiary/aromatic N) is 2. The molecule has 0 aliphatic heterocycles. The minimum absolute atomic E-state index is 0.0824. The lowest BCUT2D eigenvalue weighted by Gasteiger charge is -2.06. The maximum absolute atomic E-state index is 13.1. The Morgan fingerprint density at radius 1 is 1.38 bits per heavy atom. The first kappa shape index (κ1) is 10.7. The molecule has 1 aromatic heterocycles. The van der Waals surface area contributed by atoms with E-state index in [1.807, 2.05) is 10.8 Å². The number of aryl methyl sites for hydroxylation is 1. The minimum atomic E-state index is -0.457. The van der Waals surface area contributed by atoms with E-state index in [1.165, 1.54) is 12.1 Å². The normalized spacial score (nSPS) is 10.6. The van der Waals surface area contributed by atoms with Crippen LogP contribution in [-0.2, 0) is 6.54 Å². The Morgan fingerprint density at radius 2 is 2.19 bits per heavy atom. The number of phenols is 1. The van der Waals surface area contributed by atoms with Crippen LogP contribution in [0.3, 0.4) is 0 Å². The second-order valence-electron chi connectivity index (χ2n) is 3.64. The molecule has 0 spiro atoms. The van der Waals surface area contributed by atoms with Gasteiger partial charge in [0.15, 0.2) is 0 Å². The summed E-state index contributed by atoms with van der Waals surface area (Å²) < 4.78 is 15.1. The molecule has 3 nitrogen and oxygen atoms in total. The molecule has 0 aliphatic rings. The van der Waals surface area contributed by atoms with E-state index in [2.05, 4.69) is 11.9 Å². The minimum Gasteiger partial charge on any atom is -0.508 e. The topological polar surface area (TPSA) is 38.0 Å². The molecule has 0 unspecified atom stereocenters. The summed E-state index contributed by atoms with van der Waals surface area (Å²) in [5.41, 5.74) is 0.593. The molecule has 84 valence electrons. The van der Waals surface area contributed by atoms with Gasteiger partial charge >= 0.3 is 0 Å². The predicted molar refractivity (Wildman–Crippen MR) is 59.6 cm³/mol. The number of aromatic nitrogens is 2. The monoisotopic (exact) mass is 220 g/mol. The molecule has 4 heteroatoms. The average molecular weight is 220 g/mol. The van der Waals surface area contributed by atoms with Gasteiger partial charge in [0.05, 0.1) is 0 Å². The van der Waals surface area contributed by atoms with Crippen molar-refractivity contribution in [2.45, 2.75) is 19.9 Å². The van der Waals surface area contributed by atoms with E-state index >= 15 is 0 Å². The molecule has 0 aliphatic carbocycles. The standard InChI is InChI=1S/C12H13FN2O/c1-2-4-15-5-3-14-12(15)9-6-10(13)8-11(16)7-9/h3,5-8,16H,2,4H2,1H3. The van der Waals surface area contributed by atoms with Crippen LogP contribution in [0.5, 0.6) is 5.75 Å². The molecule has 0 amide bonds. The molecule has 0 fully saturated rings. The quantitative estimate of drug-likeness (QED) is 0.863. The second kappa shape index (κ2) is 4.35. The Labute approximate surface area is 93.2 Å². The third-order valence-electron chi connectivity index (χ3n) is 2.32. The van der Waals surface area contributed by atoms with Crippen molar-refractivity contribution in [1.29, 1.82) is 0 Å². The van der Waals surface area contributed by atoms with Gasteiger partial charge < -0.3 is 9.67 Å². The highest BCUT2D eigenvalue weighted by Gasteiger charge is 2.07. The Balaban J connectivity index is 2.45. The summed E-state index contributed by atoms with van der Waals surface area (Å²) in [5.74, 6) is 0.138. The number of hydrogen-bond acceptors (Lipinski definition) is 2. The zero-order chi connectivity index (χ0) is 11.5. The zero-order valence-corrected chi connectivity index (χ0v) is 9.02. The van der Waals surface area contributed by atoms with Crippen molar-refractivity contribution >= 4 is 0 Å². The van der Waals surface area contributed by atoms with E-state index in [0.717, 1.165) is 19.0 Å². The van der Waals surface area contributed by atoms with Crippen molar-refractivity contribution in [3.8, 4) is 17.1 Å². The van der Waals surface area contributed by atoms with Gasteiger partial charge in [-0.05, 0) is 18.6 Å². The molecule has 1 aromatic carbocycles. The summed E-state index contributed by atoms with van der Waals surface area (Å²) in [6.45, 7) is 2.89. The third kappa shape index (κ3) is 2.05. The summed E-state index contributed by atoms with van der Waals surface area (Å²) in [7, 11) is 0. The third-order valence-corrected chi connectivity index (χ3v) is 2.32. The number of aromatic hydroxyl groups is 1. The Bertz CT molecular complexity index is 473. The van der Waals surface area contributed by atoms with E-state index in [4.69, 9.17) is 0 Å². The van der Waals surface area contributed by atoms with Crippen LogP contribution < -0.4 is 0 Å². The van der Waals surface area contributed by atoms with E-state index in [0.29, 0.717) is 11.4 Å². The largest absolute Gasteiger partial charge is 0.508 e. The first-order valence-electron chi connectivity index (χ1n) is 5.21. The van der Waals surface area contributed by atoms with Gasteiger partial charge in [0.25, 0.3) is 0 Å². The van der Waals surface area contributed by atoms with Crippen LogP contribution >= 0.6 is 0 Å². The van der Waals surface area contributed by atoms with Crippen LogP contribution in [-0.4, -0.2) is 14.7 Å². The molecule has 16 heavy (non-hydrogen) atoms. The summed E-state index contributed by atoms with van der Waals surface area (Å²) in [6, 6.07) is 3.96. The zero-order valence-electron chi connectivity index (χ0n) is 9.02. The van der Waals surface area contributed by atoms with E-state index < -0.39 is 5.82 Å². The summed E-state index contributed by atoms with van der Waals surface area (Å²) in [5, 5.41) is 9.34. The highest BCUT2D eigenvalue weighted by Crippen LogP contribution is 2.23. The molecule has 0 radical (unpaired) electrons. The molecule has 0 saturated carbocycles. The lowest BCUT2D eigenvalue weighted by Crippen LogP contribution is -1.98. The molecular formula is C12H13FN2O. The Hall–Kier alpha value is -1.84. The molecule has 1 heterocycles. The van der Waals surface area contributed by atoms with E-state index in [-0.39, 0.29) is 5.75 Å². The van der Waals surface area contributed by atoms with Crippen LogP contribution in [0.15, 0.2) is 30.6 Å². The number of hydrogen-bond donors (Lipinski definition) is 1. The smallest absolute Gasteiger partial charge is 0.140 e. The van der Waals surface area contributed by atoms with Crippen LogP contribution in [0.25, 0.3) is 11.4 Å². The van der Waals surface area contributed by atoms with Crippen LogP contribution in [0, 0.1) is 5.82 Å². The number of imidazole rings is 1. The van der Waals surface area contributed by atoms with Crippen LogP contribution in [0.4, 0.5) is 4.39 Å². The van der Waals surface area contributed by atoms with Gasteiger partial charge in [-0.3, -0.25) is 0 Å². The summed E-state index contributed by atoms with van der Waals surface area (Å²) in [4.78, 5) is 4.17. The maximum Gasteiger partial charge on any atom is 0.140 e. The number of rotatable bonds is 3. The molecular weight excluding hydrogens is 207 g/mol. The van der Waals surface area contributed by atoms with Crippen molar-refractivity contribution in [3.63, 3.8) is 0 Å². The molecule has 2 aromatic rings. The lowest BCUT2D eigenvalue weighted by atomic mass is 10.2.